The first-order valence-electron chi connectivity index (χ1n) is 14.2. The maximum Gasteiger partial charge on any atom is 0.160 e. The molecule has 0 fully saturated rings. The van der Waals surface area contributed by atoms with Gasteiger partial charge in [0.15, 0.2) is 5.82 Å². The van der Waals surface area contributed by atoms with Crippen LogP contribution < -0.4 is 4.74 Å². The van der Waals surface area contributed by atoms with E-state index in [1.807, 2.05) is 59.9 Å². The molecule has 1 aliphatic heterocycles. The summed E-state index contributed by atoms with van der Waals surface area (Å²) in [4.78, 5) is 10.2. The lowest BCUT2D eigenvalue weighted by Gasteiger charge is -2.34. The van der Waals surface area contributed by atoms with E-state index in [1.165, 1.54) is 20.2 Å². The maximum absolute atomic E-state index is 9.40. The fourth-order valence-corrected chi connectivity index (χ4v) is 7.21. The van der Waals surface area contributed by atoms with Crippen molar-refractivity contribution in [2.45, 2.75) is 19.3 Å². The zero-order valence-electron chi connectivity index (χ0n) is 23.6. The molecule has 0 saturated heterocycles. The Bertz CT molecular complexity index is 2260. The molecule has 0 spiro atoms. The molecule has 5 heteroatoms. The molecule has 0 radical (unpaired) electrons. The van der Waals surface area contributed by atoms with Gasteiger partial charge in [-0.1, -0.05) is 80.6 Å². The van der Waals surface area contributed by atoms with Crippen molar-refractivity contribution in [2.75, 3.05) is 0 Å². The van der Waals surface area contributed by atoms with Gasteiger partial charge in [0.2, 0.25) is 0 Å². The van der Waals surface area contributed by atoms with Crippen LogP contribution in [0.4, 0.5) is 0 Å². The molecule has 1 aliphatic rings. The molecule has 0 atom stereocenters. The minimum absolute atomic E-state index is 0.334. The van der Waals surface area contributed by atoms with E-state index in [0.29, 0.717) is 11.4 Å². The van der Waals surface area contributed by atoms with E-state index in [-0.39, 0.29) is 5.41 Å². The molecule has 204 valence electrons. The van der Waals surface area contributed by atoms with Crippen molar-refractivity contribution >= 4 is 31.5 Å². The molecule has 4 nitrogen and oxygen atoms in total. The normalized spacial score (nSPS) is 13.2. The second-order valence-corrected chi connectivity index (χ2v) is 12.5. The van der Waals surface area contributed by atoms with Gasteiger partial charge in [-0.25, -0.2) is 9.97 Å². The van der Waals surface area contributed by atoms with E-state index < -0.39 is 0 Å². The minimum atomic E-state index is -0.334. The SMILES string of the molecule is CC1(C)c2ccc(C#N)cc2Oc2ccc(-c3nc(-c4ccccc4)cc(-c4ccc5c(c4)sc4ccccc45)n3)cc21. The van der Waals surface area contributed by atoms with Gasteiger partial charge in [-0.3, -0.25) is 0 Å². The first-order valence-corrected chi connectivity index (χ1v) is 15.0. The van der Waals surface area contributed by atoms with Crippen molar-refractivity contribution in [1.29, 1.82) is 5.26 Å². The smallest absolute Gasteiger partial charge is 0.160 e. The molecule has 5 aromatic carbocycles. The fraction of sp³-hybridized carbons (Fsp3) is 0.0789. The summed E-state index contributed by atoms with van der Waals surface area (Å²) >= 11 is 1.81. The van der Waals surface area contributed by atoms with Crippen molar-refractivity contribution < 1.29 is 4.74 Å². The van der Waals surface area contributed by atoms with Crippen molar-refractivity contribution in [3.05, 3.63) is 132 Å². The number of thiophene rings is 1. The van der Waals surface area contributed by atoms with Crippen LogP contribution in [0.1, 0.15) is 30.5 Å². The summed E-state index contributed by atoms with van der Waals surface area (Å²) in [6.07, 6.45) is 0. The molecule has 3 heterocycles. The Hall–Kier alpha value is -5.31. The van der Waals surface area contributed by atoms with Gasteiger partial charge in [-0.05, 0) is 48.5 Å². The predicted octanol–water partition coefficient (Wildman–Crippen LogP) is 10.1. The predicted molar refractivity (Wildman–Crippen MR) is 175 cm³/mol. The molecular weight excluding hydrogens is 547 g/mol. The van der Waals surface area contributed by atoms with Gasteiger partial charge in [0.1, 0.15) is 11.5 Å². The number of nitriles is 1. The Balaban J connectivity index is 1.28. The van der Waals surface area contributed by atoms with Crippen LogP contribution in [-0.4, -0.2) is 9.97 Å². The lowest BCUT2D eigenvalue weighted by Crippen LogP contribution is -2.24. The minimum Gasteiger partial charge on any atom is -0.457 e. The van der Waals surface area contributed by atoms with Crippen LogP contribution in [0.15, 0.2) is 115 Å². The highest BCUT2D eigenvalue weighted by Crippen LogP contribution is 2.49. The Kier molecular flexibility index (Phi) is 5.69. The Morgan fingerprint density at radius 3 is 2.21 bits per heavy atom. The zero-order valence-corrected chi connectivity index (χ0v) is 24.4. The fourth-order valence-electron chi connectivity index (χ4n) is 6.07. The third-order valence-corrected chi connectivity index (χ3v) is 9.52. The van der Waals surface area contributed by atoms with Crippen LogP contribution in [0.25, 0.3) is 54.1 Å². The lowest BCUT2D eigenvalue weighted by atomic mass is 9.75. The van der Waals surface area contributed by atoms with Crippen LogP contribution in [0.2, 0.25) is 0 Å². The number of rotatable bonds is 3. The molecule has 0 aliphatic carbocycles. The Morgan fingerprint density at radius 1 is 0.628 bits per heavy atom. The third-order valence-electron chi connectivity index (χ3n) is 8.39. The summed E-state index contributed by atoms with van der Waals surface area (Å²) in [7, 11) is 0. The molecule has 0 unspecified atom stereocenters. The highest BCUT2D eigenvalue weighted by Gasteiger charge is 2.35. The molecule has 2 aromatic heterocycles. The zero-order chi connectivity index (χ0) is 29.1. The van der Waals surface area contributed by atoms with Crippen molar-refractivity contribution in [2.24, 2.45) is 0 Å². The van der Waals surface area contributed by atoms with Gasteiger partial charge in [0.05, 0.1) is 23.0 Å². The number of nitrogens with zero attached hydrogens (tertiary/aromatic N) is 3. The van der Waals surface area contributed by atoms with Crippen molar-refractivity contribution in [1.82, 2.24) is 9.97 Å². The van der Waals surface area contributed by atoms with Crippen LogP contribution in [0, 0.1) is 11.3 Å². The van der Waals surface area contributed by atoms with Gasteiger partial charge < -0.3 is 4.74 Å². The summed E-state index contributed by atoms with van der Waals surface area (Å²) in [5, 5.41) is 12.0. The molecule has 43 heavy (non-hydrogen) atoms. The van der Waals surface area contributed by atoms with Crippen molar-refractivity contribution in [3.8, 4) is 51.5 Å². The van der Waals surface area contributed by atoms with E-state index >= 15 is 0 Å². The van der Waals surface area contributed by atoms with Crippen LogP contribution in [-0.2, 0) is 5.41 Å². The summed E-state index contributed by atoms with van der Waals surface area (Å²) in [5.41, 5.74) is 7.14. The van der Waals surface area contributed by atoms with E-state index in [4.69, 9.17) is 14.7 Å². The largest absolute Gasteiger partial charge is 0.457 e. The average molecular weight is 572 g/mol. The van der Waals surface area contributed by atoms with Crippen molar-refractivity contribution in [3.63, 3.8) is 0 Å². The second kappa shape index (κ2) is 9.62. The number of hydrogen-bond acceptors (Lipinski definition) is 5. The van der Waals surface area contributed by atoms with Crippen LogP contribution in [0.5, 0.6) is 11.5 Å². The van der Waals surface area contributed by atoms with Gasteiger partial charge in [-0.15, -0.1) is 11.3 Å². The average Bonchev–Trinajstić information content (AvgIpc) is 3.42. The van der Waals surface area contributed by atoms with E-state index in [0.717, 1.165) is 50.7 Å². The number of hydrogen-bond donors (Lipinski definition) is 0. The summed E-state index contributed by atoms with van der Waals surface area (Å²) in [6, 6.07) is 41.6. The number of aromatic nitrogens is 2. The second-order valence-electron chi connectivity index (χ2n) is 11.4. The highest BCUT2D eigenvalue weighted by molar-refractivity contribution is 7.25. The summed E-state index contributed by atoms with van der Waals surface area (Å²) in [6.45, 7) is 4.38. The monoisotopic (exact) mass is 571 g/mol. The van der Waals surface area contributed by atoms with Crippen LogP contribution in [0.3, 0.4) is 0 Å². The number of ether oxygens (including phenoxy) is 1. The number of benzene rings is 5. The summed E-state index contributed by atoms with van der Waals surface area (Å²) < 4.78 is 8.83. The van der Waals surface area contributed by atoms with Crippen LogP contribution >= 0.6 is 11.3 Å². The molecule has 0 N–H and O–H groups in total. The van der Waals surface area contributed by atoms with E-state index in [2.05, 4.69) is 86.6 Å². The molecule has 0 saturated carbocycles. The first-order chi connectivity index (χ1) is 21.0. The molecule has 7 aromatic rings. The Morgan fingerprint density at radius 2 is 1.37 bits per heavy atom. The molecule has 8 rings (SSSR count). The highest BCUT2D eigenvalue weighted by atomic mass is 32.1. The molecule has 0 amide bonds. The standard InChI is InChI=1S/C38H25N3OS/c1-38(2)29-16-12-23(22-39)18-34(29)42-33-17-14-26(19-30(33)38)37-40-31(24-8-4-3-5-9-24)21-32(41-37)25-13-15-28-27-10-6-7-11-35(27)43-36(28)20-25/h3-21H,1-2H3. The van der Waals surface area contributed by atoms with Gasteiger partial charge in [0.25, 0.3) is 0 Å². The van der Waals surface area contributed by atoms with Gasteiger partial charge in [-0.2, -0.15) is 5.26 Å². The first kappa shape index (κ1) is 25.4. The Labute approximate surface area is 253 Å². The topological polar surface area (TPSA) is 58.8 Å². The van der Waals surface area contributed by atoms with Gasteiger partial charge in [0, 0.05) is 53.4 Å². The molecule has 0 bridgehead atoms. The van der Waals surface area contributed by atoms with Gasteiger partial charge >= 0.3 is 0 Å². The molecular formula is C38H25N3OS. The lowest BCUT2D eigenvalue weighted by molar-refractivity contribution is 0.418. The third kappa shape index (κ3) is 4.19. The summed E-state index contributed by atoms with van der Waals surface area (Å²) in [5.74, 6) is 2.17. The quantitative estimate of drug-likeness (QED) is 0.212. The van der Waals surface area contributed by atoms with E-state index in [9.17, 15) is 5.26 Å². The number of fused-ring (bicyclic) bond motifs is 5. The maximum atomic E-state index is 9.40. The van der Waals surface area contributed by atoms with E-state index in [1.54, 1.807) is 0 Å².